The van der Waals surface area contributed by atoms with Crippen LogP contribution in [-0.4, -0.2) is 18.6 Å². The van der Waals surface area contributed by atoms with E-state index in [1.807, 2.05) is 0 Å². The predicted octanol–water partition coefficient (Wildman–Crippen LogP) is 3.50. The molecule has 0 aliphatic carbocycles. The summed E-state index contributed by atoms with van der Waals surface area (Å²) in [6.07, 6.45) is 1.59. The van der Waals surface area contributed by atoms with Crippen LogP contribution in [0.4, 0.5) is 10.1 Å². The lowest BCUT2D eigenvalue weighted by Gasteiger charge is -2.12. The number of nitro groups is 1. The lowest BCUT2D eigenvalue weighted by Crippen LogP contribution is -2.36. The number of rotatable bonds is 3. The van der Waals surface area contributed by atoms with Crippen molar-refractivity contribution in [2.24, 2.45) is 14.1 Å². The van der Waals surface area contributed by atoms with Gasteiger partial charge in [-0.2, -0.15) is 0 Å². The molecular formula is C20H14BrFN4O4. The van der Waals surface area contributed by atoms with Gasteiger partial charge in [-0.15, -0.1) is 0 Å². The van der Waals surface area contributed by atoms with Gasteiger partial charge in [-0.3, -0.25) is 24.0 Å². The summed E-state index contributed by atoms with van der Waals surface area (Å²) in [5.74, 6) is -0.433. The molecule has 0 saturated carbocycles. The molecule has 2 aromatic carbocycles. The van der Waals surface area contributed by atoms with E-state index < -0.39 is 22.0 Å². The van der Waals surface area contributed by atoms with E-state index in [4.69, 9.17) is 0 Å². The molecule has 0 bridgehead atoms. The first-order valence-corrected chi connectivity index (χ1v) is 9.51. The summed E-state index contributed by atoms with van der Waals surface area (Å²) in [5.41, 5.74) is 0.407. The Morgan fingerprint density at radius 3 is 2.33 bits per heavy atom. The van der Waals surface area contributed by atoms with E-state index in [9.17, 15) is 24.1 Å². The quantitative estimate of drug-likeness (QED) is 0.337. The molecule has 0 aliphatic heterocycles. The first kappa shape index (κ1) is 19.8. The Hall–Kier alpha value is -3.53. The van der Waals surface area contributed by atoms with Crippen molar-refractivity contribution in [3.05, 3.63) is 89.9 Å². The van der Waals surface area contributed by atoms with E-state index in [1.54, 1.807) is 10.8 Å². The van der Waals surface area contributed by atoms with E-state index in [0.717, 1.165) is 4.57 Å². The SMILES string of the molecule is Cn1c(=O)c2c(-c3cc([N+](=O)[O-])ccc3Br)n(-c3ccc(F)cc3)cc2n(C)c1=O. The highest BCUT2D eigenvalue weighted by Gasteiger charge is 2.23. The van der Waals surface area contributed by atoms with Crippen LogP contribution in [0, 0.1) is 15.9 Å². The Kier molecular flexibility index (Phi) is 4.65. The number of nitro benzene ring substituents is 1. The third-order valence-corrected chi connectivity index (χ3v) is 5.65. The smallest absolute Gasteiger partial charge is 0.314 e. The highest BCUT2D eigenvalue weighted by atomic mass is 79.9. The number of hydrogen-bond acceptors (Lipinski definition) is 4. The molecular weight excluding hydrogens is 459 g/mol. The molecule has 0 amide bonds. The van der Waals surface area contributed by atoms with Gasteiger partial charge in [0.25, 0.3) is 11.2 Å². The minimum Gasteiger partial charge on any atom is -0.314 e. The highest BCUT2D eigenvalue weighted by Crippen LogP contribution is 2.37. The van der Waals surface area contributed by atoms with Crippen molar-refractivity contribution in [1.29, 1.82) is 0 Å². The third-order valence-electron chi connectivity index (χ3n) is 4.96. The van der Waals surface area contributed by atoms with Crippen LogP contribution in [0.5, 0.6) is 0 Å². The van der Waals surface area contributed by atoms with Gasteiger partial charge in [-0.05, 0) is 30.3 Å². The van der Waals surface area contributed by atoms with Gasteiger partial charge in [0.2, 0.25) is 0 Å². The summed E-state index contributed by atoms with van der Waals surface area (Å²) in [4.78, 5) is 36.3. The number of non-ortho nitro benzene ring substituents is 1. The second kappa shape index (κ2) is 7.06. The fourth-order valence-corrected chi connectivity index (χ4v) is 3.85. The van der Waals surface area contributed by atoms with Crippen molar-refractivity contribution in [3.63, 3.8) is 0 Å². The minimum absolute atomic E-state index is 0.158. The predicted molar refractivity (Wildman–Crippen MR) is 114 cm³/mol. The number of aromatic nitrogens is 3. The largest absolute Gasteiger partial charge is 0.330 e. The average Bonchev–Trinajstić information content (AvgIpc) is 3.12. The third kappa shape index (κ3) is 2.96. The first-order valence-electron chi connectivity index (χ1n) is 8.72. The second-order valence-corrected chi connectivity index (χ2v) is 7.57. The number of halogens is 2. The molecule has 4 aromatic rings. The maximum Gasteiger partial charge on any atom is 0.330 e. The summed E-state index contributed by atoms with van der Waals surface area (Å²) in [7, 11) is 2.90. The fourth-order valence-electron chi connectivity index (χ4n) is 3.42. The Bertz CT molecular complexity index is 1450. The standard InChI is InChI=1S/C20H14BrFN4O4/c1-23-16-10-25(12-5-3-11(22)4-6-12)18(17(16)19(27)24(2)20(23)28)14-9-13(26(29)30)7-8-15(14)21/h3-10H,1-2H3. The number of nitrogens with zero attached hydrogens (tertiary/aromatic N) is 4. The summed E-state index contributed by atoms with van der Waals surface area (Å²) >= 11 is 3.41. The number of aryl methyl sites for hydroxylation is 1. The van der Waals surface area contributed by atoms with E-state index in [-0.39, 0.29) is 11.1 Å². The molecule has 30 heavy (non-hydrogen) atoms. The molecule has 4 rings (SSSR count). The highest BCUT2D eigenvalue weighted by molar-refractivity contribution is 9.10. The van der Waals surface area contributed by atoms with E-state index in [0.29, 0.717) is 26.9 Å². The van der Waals surface area contributed by atoms with Crippen molar-refractivity contribution in [3.8, 4) is 16.9 Å². The molecule has 0 N–H and O–H groups in total. The molecule has 2 aromatic heterocycles. The maximum atomic E-state index is 13.5. The lowest BCUT2D eigenvalue weighted by molar-refractivity contribution is -0.384. The van der Waals surface area contributed by atoms with Crippen LogP contribution in [0.25, 0.3) is 27.8 Å². The van der Waals surface area contributed by atoms with E-state index >= 15 is 0 Å². The minimum atomic E-state index is -0.539. The Morgan fingerprint density at radius 1 is 1.03 bits per heavy atom. The van der Waals surface area contributed by atoms with Crippen molar-refractivity contribution >= 4 is 32.5 Å². The first-order chi connectivity index (χ1) is 14.2. The number of hydrogen-bond donors (Lipinski definition) is 0. The van der Waals surface area contributed by atoms with Crippen LogP contribution in [0.1, 0.15) is 0 Å². The number of fused-ring (bicyclic) bond motifs is 1. The van der Waals surface area contributed by atoms with E-state index in [1.165, 1.54) is 61.1 Å². The van der Waals surface area contributed by atoms with Crippen LogP contribution in [0.2, 0.25) is 0 Å². The molecule has 0 aliphatic rings. The normalized spacial score (nSPS) is 11.2. The van der Waals surface area contributed by atoms with Gasteiger partial charge in [0.05, 0.1) is 21.5 Å². The summed E-state index contributed by atoms with van der Waals surface area (Å²) in [6.45, 7) is 0. The zero-order valence-corrected chi connectivity index (χ0v) is 17.4. The zero-order chi connectivity index (χ0) is 21.7. The van der Waals surface area contributed by atoms with Crippen LogP contribution in [-0.2, 0) is 14.1 Å². The molecule has 152 valence electrons. The molecule has 0 unspecified atom stereocenters. The Morgan fingerprint density at radius 2 is 1.70 bits per heavy atom. The van der Waals surface area contributed by atoms with Crippen LogP contribution < -0.4 is 11.2 Å². The van der Waals surface area contributed by atoms with Crippen molar-refractivity contribution in [1.82, 2.24) is 13.7 Å². The van der Waals surface area contributed by atoms with Gasteiger partial charge >= 0.3 is 5.69 Å². The lowest BCUT2D eigenvalue weighted by atomic mass is 10.1. The topological polar surface area (TPSA) is 92.1 Å². The molecule has 8 nitrogen and oxygen atoms in total. The summed E-state index contributed by atoms with van der Waals surface area (Å²) in [5, 5.41) is 11.6. The molecule has 0 fully saturated rings. The monoisotopic (exact) mass is 472 g/mol. The van der Waals surface area contributed by atoms with Gasteiger partial charge in [-0.25, -0.2) is 9.18 Å². The summed E-state index contributed by atoms with van der Waals surface area (Å²) in [6, 6.07) is 9.79. The molecule has 0 saturated heterocycles. The van der Waals surface area contributed by atoms with Crippen molar-refractivity contribution in [2.75, 3.05) is 0 Å². The second-order valence-electron chi connectivity index (χ2n) is 6.71. The van der Waals surface area contributed by atoms with Crippen molar-refractivity contribution < 1.29 is 9.31 Å². The van der Waals surface area contributed by atoms with Crippen LogP contribution in [0.3, 0.4) is 0 Å². The Balaban J connectivity index is 2.22. The maximum absolute atomic E-state index is 13.5. The Labute approximate surface area is 176 Å². The van der Waals surface area contributed by atoms with Gasteiger partial charge in [0.15, 0.2) is 0 Å². The molecule has 0 atom stereocenters. The van der Waals surface area contributed by atoms with Crippen LogP contribution in [0.15, 0.2) is 62.7 Å². The molecule has 0 radical (unpaired) electrons. The van der Waals surface area contributed by atoms with Gasteiger partial charge in [0, 0.05) is 48.1 Å². The van der Waals surface area contributed by atoms with Crippen molar-refractivity contribution in [2.45, 2.75) is 0 Å². The van der Waals surface area contributed by atoms with Gasteiger partial charge in [-0.1, -0.05) is 15.9 Å². The molecule has 10 heteroatoms. The van der Waals surface area contributed by atoms with Crippen LogP contribution >= 0.6 is 15.9 Å². The summed E-state index contributed by atoms with van der Waals surface area (Å²) < 4.78 is 17.9. The zero-order valence-electron chi connectivity index (χ0n) is 15.8. The fraction of sp³-hybridized carbons (Fsp3) is 0.100. The van der Waals surface area contributed by atoms with Gasteiger partial charge < -0.3 is 4.57 Å². The molecule has 2 heterocycles. The average molecular weight is 473 g/mol. The number of benzene rings is 2. The molecule has 0 spiro atoms. The van der Waals surface area contributed by atoms with E-state index in [2.05, 4.69) is 15.9 Å². The van der Waals surface area contributed by atoms with Gasteiger partial charge in [0.1, 0.15) is 5.82 Å².